The Morgan fingerprint density at radius 2 is 1.47 bits per heavy atom. The molecule has 4 amide bonds. The molecule has 14 heteroatoms. The second-order valence-corrected chi connectivity index (χ2v) is 6.51. The molecule has 0 fully saturated rings. The van der Waals surface area contributed by atoms with Crippen molar-refractivity contribution < 1.29 is 44.1 Å². The number of amides is 4. The average molecular weight is 433 g/mol. The number of nitrogens with two attached hydrogens (primary N) is 1. The molecule has 0 aliphatic heterocycles. The first-order valence-corrected chi connectivity index (χ1v) is 8.85. The Kier molecular flexibility index (Phi) is 11.6. The molecular formula is C16H27N5O9. The molecule has 0 radical (unpaired) electrons. The molecule has 170 valence electrons. The monoisotopic (exact) mass is 433 g/mol. The van der Waals surface area contributed by atoms with Gasteiger partial charge in [-0.05, 0) is 5.92 Å². The van der Waals surface area contributed by atoms with E-state index in [1.165, 1.54) is 0 Å². The van der Waals surface area contributed by atoms with Crippen LogP contribution in [-0.2, 0) is 28.8 Å². The summed E-state index contributed by atoms with van der Waals surface area (Å²) in [6, 6.07) is -4.32. The van der Waals surface area contributed by atoms with Gasteiger partial charge < -0.3 is 42.3 Å². The lowest BCUT2D eigenvalue weighted by Crippen LogP contribution is -2.56. The molecule has 0 saturated heterocycles. The normalized spacial score (nSPS) is 13.5. The van der Waals surface area contributed by atoms with Crippen molar-refractivity contribution >= 4 is 35.6 Å². The van der Waals surface area contributed by atoms with Crippen LogP contribution in [0.25, 0.3) is 0 Å². The lowest BCUT2D eigenvalue weighted by molar-refractivity contribution is -0.144. The third-order valence-corrected chi connectivity index (χ3v) is 3.70. The highest BCUT2D eigenvalue weighted by atomic mass is 16.4. The van der Waals surface area contributed by atoms with Crippen LogP contribution in [0.3, 0.4) is 0 Å². The van der Waals surface area contributed by atoms with E-state index in [0.717, 1.165) is 0 Å². The maximum absolute atomic E-state index is 12.2. The van der Waals surface area contributed by atoms with Crippen LogP contribution in [0.2, 0.25) is 0 Å². The van der Waals surface area contributed by atoms with E-state index < -0.39 is 73.3 Å². The Morgan fingerprint density at radius 3 is 1.90 bits per heavy atom. The van der Waals surface area contributed by atoms with Gasteiger partial charge in [-0.15, -0.1) is 0 Å². The predicted octanol–water partition coefficient (Wildman–Crippen LogP) is -4.28. The van der Waals surface area contributed by atoms with Crippen molar-refractivity contribution in [2.24, 2.45) is 11.7 Å². The van der Waals surface area contributed by atoms with Crippen LogP contribution in [0.4, 0.5) is 0 Å². The topological polar surface area (TPSA) is 237 Å². The van der Waals surface area contributed by atoms with Gasteiger partial charge in [-0.3, -0.25) is 24.0 Å². The molecule has 9 N–H and O–H groups in total. The number of aliphatic hydroxyl groups excluding tert-OH is 1. The average Bonchev–Trinajstić information content (AvgIpc) is 2.66. The van der Waals surface area contributed by atoms with Crippen molar-refractivity contribution in [2.75, 3.05) is 19.7 Å². The van der Waals surface area contributed by atoms with Gasteiger partial charge in [0.25, 0.3) is 0 Å². The molecule has 0 aliphatic carbocycles. The summed E-state index contributed by atoms with van der Waals surface area (Å²) in [5.74, 6) is -6.71. The summed E-state index contributed by atoms with van der Waals surface area (Å²) in [5, 5.41) is 35.2. The van der Waals surface area contributed by atoms with Crippen molar-refractivity contribution in [1.29, 1.82) is 0 Å². The summed E-state index contributed by atoms with van der Waals surface area (Å²) >= 11 is 0. The fourth-order valence-electron chi connectivity index (χ4n) is 2.13. The third-order valence-electron chi connectivity index (χ3n) is 3.70. The number of rotatable bonds is 13. The Bertz CT molecular complexity index is 667. The summed E-state index contributed by atoms with van der Waals surface area (Å²) in [7, 11) is 0. The minimum atomic E-state index is -1.69. The number of carboxylic acids is 2. The van der Waals surface area contributed by atoms with Crippen molar-refractivity contribution in [2.45, 2.75) is 38.4 Å². The van der Waals surface area contributed by atoms with E-state index in [-0.39, 0.29) is 12.5 Å². The summed E-state index contributed by atoms with van der Waals surface area (Å²) < 4.78 is 0. The Morgan fingerprint density at radius 1 is 0.867 bits per heavy atom. The first-order chi connectivity index (χ1) is 13.9. The quantitative estimate of drug-likeness (QED) is 0.139. The Labute approximate surface area is 171 Å². The molecule has 0 aromatic rings. The Hall–Kier alpha value is -3.26. The summed E-state index contributed by atoms with van der Waals surface area (Å²) in [6.07, 6.45) is -0.871. The highest BCUT2D eigenvalue weighted by Gasteiger charge is 2.29. The standard InChI is InChI=1S/C16H27N5O9/c1-7(2)13(21-10(23)4-17)15(28)18-5-11(24)19-8(3-12(25)26)14(27)20-9(6-22)16(29)30/h7-9,13,22H,3-6,17H2,1-2H3,(H,18,28)(H,19,24)(H,20,27)(H,21,23)(H,25,26)(H,29,30)/t8-,9-,13-/m0/s1. The van der Waals surface area contributed by atoms with Crippen LogP contribution in [0, 0.1) is 5.92 Å². The summed E-state index contributed by atoms with van der Waals surface area (Å²) in [5.41, 5.74) is 5.18. The lowest BCUT2D eigenvalue weighted by atomic mass is 10.0. The predicted molar refractivity (Wildman–Crippen MR) is 99.7 cm³/mol. The number of aliphatic carboxylic acids is 2. The fourth-order valence-corrected chi connectivity index (χ4v) is 2.13. The van der Waals surface area contributed by atoms with Crippen molar-refractivity contribution in [3.05, 3.63) is 0 Å². The maximum Gasteiger partial charge on any atom is 0.328 e. The van der Waals surface area contributed by atoms with Gasteiger partial charge in [-0.25, -0.2) is 4.79 Å². The number of carbonyl (C=O) groups is 6. The molecule has 30 heavy (non-hydrogen) atoms. The van der Waals surface area contributed by atoms with E-state index >= 15 is 0 Å². The minimum absolute atomic E-state index is 0.333. The van der Waals surface area contributed by atoms with E-state index in [1.54, 1.807) is 13.8 Å². The van der Waals surface area contributed by atoms with Crippen LogP contribution >= 0.6 is 0 Å². The number of nitrogens with one attached hydrogen (secondary N) is 4. The Balaban J connectivity index is 4.98. The van der Waals surface area contributed by atoms with Gasteiger partial charge in [0.2, 0.25) is 23.6 Å². The van der Waals surface area contributed by atoms with E-state index in [1.807, 2.05) is 5.32 Å². The molecule has 3 atom stereocenters. The number of carboxylic acid groups (broad SMARTS) is 2. The summed E-state index contributed by atoms with van der Waals surface area (Å²) in [6.45, 7) is 1.36. The zero-order chi connectivity index (χ0) is 23.4. The van der Waals surface area contributed by atoms with Gasteiger partial charge in [0, 0.05) is 0 Å². The van der Waals surface area contributed by atoms with E-state index in [4.69, 9.17) is 21.1 Å². The summed E-state index contributed by atoms with van der Waals surface area (Å²) in [4.78, 5) is 69.5. The number of hydrogen-bond donors (Lipinski definition) is 8. The van der Waals surface area contributed by atoms with E-state index in [9.17, 15) is 28.8 Å². The van der Waals surface area contributed by atoms with Crippen molar-refractivity contribution in [3.63, 3.8) is 0 Å². The van der Waals surface area contributed by atoms with Crippen LogP contribution in [-0.4, -0.2) is 88.7 Å². The largest absolute Gasteiger partial charge is 0.481 e. The van der Waals surface area contributed by atoms with Gasteiger partial charge in [-0.2, -0.15) is 0 Å². The molecule has 0 aliphatic rings. The highest BCUT2D eigenvalue weighted by Crippen LogP contribution is 2.01. The van der Waals surface area contributed by atoms with E-state index in [0.29, 0.717) is 0 Å². The van der Waals surface area contributed by atoms with Gasteiger partial charge in [0.15, 0.2) is 0 Å². The first kappa shape index (κ1) is 26.7. The smallest absolute Gasteiger partial charge is 0.328 e. The minimum Gasteiger partial charge on any atom is -0.481 e. The van der Waals surface area contributed by atoms with Crippen LogP contribution in [0.5, 0.6) is 0 Å². The molecule has 14 nitrogen and oxygen atoms in total. The highest BCUT2D eigenvalue weighted by molar-refractivity contribution is 5.95. The van der Waals surface area contributed by atoms with Crippen LogP contribution < -0.4 is 27.0 Å². The number of aliphatic hydroxyl groups is 1. The van der Waals surface area contributed by atoms with Crippen LogP contribution in [0.1, 0.15) is 20.3 Å². The SMILES string of the molecule is CC(C)[C@H](NC(=O)CN)C(=O)NCC(=O)N[C@@H](CC(=O)O)C(=O)N[C@@H](CO)C(=O)O. The molecule has 0 spiro atoms. The second-order valence-electron chi connectivity index (χ2n) is 6.51. The molecular weight excluding hydrogens is 406 g/mol. The zero-order valence-electron chi connectivity index (χ0n) is 16.5. The van der Waals surface area contributed by atoms with Gasteiger partial charge >= 0.3 is 11.9 Å². The van der Waals surface area contributed by atoms with Crippen molar-refractivity contribution in [3.8, 4) is 0 Å². The fraction of sp³-hybridized carbons (Fsp3) is 0.625. The number of hydrogen-bond acceptors (Lipinski definition) is 8. The first-order valence-electron chi connectivity index (χ1n) is 8.85. The molecule has 0 saturated carbocycles. The number of carbonyl (C=O) groups excluding carboxylic acids is 4. The molecule has 0 aromatic carbocycles. The zero-order valence-corrected chi connectivity index (χ0v) is 16.5. The van der Waals surface area contributed by atoms with Crippen molar-refractivity contribution in [1.82, 2.24) is 21.3 Å². The molecule has 0 aromatic heterocycles. The maximum atomic E-state index is 12.2. The van der Waals surface area contributed by atoms with Gasteiger partial charge in [-0.1, -0.05) is 13.8 Å². The van der Waals surface area contributed by atoms with E-state index in [2.05, 4.69) is 16.0 Å². The molecule has 0 rings (SSSR count). The second kappa shape index (κ2) is 13.1. The molecule has 0 heterocycles. The van der Waals surface area contributed by atoms with Crippen LogP contribution in [0.15, 0.2) is 0 Å². The molecule has 0 unspecified atom stereocenters. The molecule has 0 bridgehead atoms. The lowest BCUT2D eigenvalue weighted by Gasteiger charge is -2.22. The van der Waals surface area contributed by atoms with Gasteiger partial charge in [0.1, 0.15) is 18.1 Å². The third kappa shape index (κ3) is 9.79. The van der Waals surface area contributed by atoms with Gasteiger partial charge in [0.05, 0.1) is 26.1 Å².